The molecule has 1 atom stereocenters. The highest BCUT2D eigenvalue weighted by atomic mass is 19.4. The van der Waals surface area contributed by atoms with Crippen molar-refractivity contribution in [1.29, 1.82) is 0 Å². The number of alkyl halides is 3. The highest BCUT2D eigenvalue weighted by Gasteiger charge is 2.32. The first kappa shape index (κ1) is 15.5. The molecule has 0 heterocycles. The van der Waals surface area contributed by atoms with Crippen molar-refractivity contribution in [3.63, 3.8) is 0 Å². The van der Waals surface area contributed by atoms with Crippen molar-refractivity contribution < 1.29 is 22.7 Å². The van der Waals surface area contributed by atoms with Gasteiger partial charge in [0.15, 0.2) is 0 Å². The minimum Gasteiger partial charge on any atom is -0.384 e. The number of aliphatic hydroxyl groups is 1. The molecule has 1 nitrogen and oxygen atoms in total. The van der Waals surface area contributed by atoms with Crippen molar-refractivity contribution in [2.45, 2.75) is 26.1 Å². The van der Waals surface area contributed by atoms with Crippen molar-refractivity contribution in [3.8, 4) is 0 Å². The second-order valence-electron chi connectivity index (χ2n) is 5.02. The van der Waals surface area contributed by atoms with Gasteiger partial charge >= 0.3 is 6.18 Å². The van der Waals surface area contributed by atoms with Crippen LogP contribution in [0.2, 0.25) is 0 Å². The molecule has 0 saturated carbocycles. The van der Waals surface area contributed by atoms with Crippen LogP contribution in [0.25, 0.3) is 0 Å². The lowest BCUT2D eigenvalue weighted by Crippen LogP contribution is -2.09. The number of aryl methyl sites for hydroxylation is 2. The molecule has 0 aliphatic carbocycles. The van der Waals surface area contributed by atoms with Crippen molar-refractivity contribution in [3.05, 3.63) is 70.0 Å². The summed E-state index contributed by atoms with van der Waals surface area (Å²) < 4.78 is 51.4. The maximum atomic E-state index is 13.4. The zero-order valence-corrected chi connectivity index (χ0v) is 11.5. The normalized spacial score (nSPS) is 13.3. The van der Waals surface area contributed by atoms with E-state index in [1.165, 1.54) is 0 Å². The van der Waals surface area contributed by atoms with Crippen molar-refractivity contribution in [1.82, 2.24) is 0 Å². The molecule has 2 aromatic rings. The Kier molecular flexibility index (Phi) is 4.05. The van der Waals surface area contributed by atoms with Crippen molar-refractivity contribution in [2.75, 3.05) is 0 Å². The molecule has 0 amide bonds. The van der Waals surface area contributed by atoms with E-state index < -0.39 is 23.7 Å². The summed E-state index contributed by atoms with van der Waals surface area (Å²) in [6.45, 7) is 3.72. The third-order valence-corrected chi connectivity index (χ3v) is 3.41. The quantitative estimate of drug-likeness (QED) is 0.807. The largest absolute Gasteiger partial charge is 0.416 e. The first-order valence-electron chi connectivity index (χ1n) is 6.31. The van der Waals surface area contributed by atoms with Crippen LogP contribution in [0.15, 0.2) is 36.4 Å². The van der Waals surface area contributed by atoms with Gasteiger partial charge < -0.3 is 5.11 Å². The molecule has 112 valence electrons. The zero-order chi connectivity index (χ0) is 15.8. The van der Waals surface area contributed by atoms with Crippen LogP contribution in [0.5, 0.6) is 0 Å². The third kappa shape index (κ3) is 3.42. The van der Waals surface area contributed by atoms with E-state index >= 15 is 0 Å². The van der Waals surface area contributed by atoms with Gasteiger partial charge in [-0.15, -0.1) is 0 Å². The maximum absolute atomic E-state index is 13.4. The molecular weight excluding hydrogens is 284 g/mol. The van der Waals surface area contributed by atoms with Gasteiger partial charge in [0.05, 0.1) is 5.56 Å². The summed E-state index contributed by atoms with van der Waals surface area (Å²) in [5.41, 5.74) is 1.10. The standard InChI is InChI=1S/C16H14F4O/c1-9-3-4-11(5-10(9)2)15(21)12-6-13(16(18,19)20)8-14(17)7-12/h3-8,15,21H,1-2H3. The van der Waals surface area contributed by atoms with Gasteiger partial charge in [0.25, 0.3) is 0 Å². The Hall–Kier alpha value is -1.88. The van der Waals surface area contributed by atoms with Gasteiger partial charge in [-0.25, -0.2) is 4.39 Å². The lowest BCUT2D eigenvalue weighted by atomic mass is 9.96. The topological polar surface area (TPSA) is 20.2 Å². The predicted molar refractivity (Wildman–Crippen MR) is 71.4 cm³/mol. The van der Waals surface area contributed by atoms with Gasteiger partial charge in [-0.3, -0.25) is 0 Å². The van der Waals surface area contributed by atoms with E-state index in [9.17, 15) is 22.7 Å². The molecule has 0 saturated heterocycles. The Bertz CT molecular complexity index is 662. The first-order chi connectivity index (χ1) is 9.68. The highest BCUT2D eigenvalue weighted by molar-refractivity contribution is 5.37. The van der Waals surface area contributed by atoms with Crippen LogP contribution in [0.1, 0.15) is 33.9 Å². The summed E-state index contributed by atoms with van der Waals surface area (Å²) in [5, 5.41) is 10.2. The second-order valence-corrected chi connectivity index (χ2v) is 5.02. The molecule has 2 aromatic carbocycles. The van der Waals surface area contributed by atoms with Gasteiger partial charge in [-0.05, 0) is 54.3 Å². The summed E-state index contributed by atoms with van der Waals surface area (Å²) in [6, 6.07) is 7.15. The molecule has 0 fully saturated rings. The smallest absolute Gasteiger partial charge is 0.384 e. The average molecular weight is 298 g/mol. The molecule has 0 aliphatic heterocycles. The molecule has 0 bridgehead atoms. The number of rotatable bonds is 2. The Morgan fingerprint density at radius 2 is 1.57 bits per heavy atom. The van der Waals surface area contributed by atoms with Crippen LogP contribution < -0.4 is 0 Å². The minimum atomic E-state index is -4.65. The molecule has 5 heteroatoms. The SMILES string of the molecule is Cc1ccc(C(O)c2cc(F)cc(C(F)(F)F)c2)cc1C. The summed E-state index contributed by atoms with van der Waals surface area (Å²) in [4.78, 5) is 0. The number of halogens is 4. The Morgan fingerprint density at radius 3 is 2.14 bits per heavy atom. The Labute approximate surface area is 119 Å². The summed E-state index contributed by atoms with van der Waals surface area (Å²) in [6.07, 6.45) is -5.96. The number of aliphatic hydroxyl groups excluding tert-OH is 1. The molecule has 0 radical (unpaired) electrons. The summed E-state index contributed by atoms with van der Waals surface area (Å²) in [7, 11) is 0. The molecule has 1 unspecified atom stereocenters. The third-order valence-electron chi connectivity index (χ3n) is 3.41. The monoisotopic (exact) mass is 298 g/mol. The zero-order valence-electron chi connectivity index (χ0n) is 11.5. The van der Waals surface area contributed by atoms with Gasteiger partial charge in [0, 0.05) is 0 Å². The van der Waals surface area contributed by atoms with E-state index in [2.05, 4.69) is 0 Å². The van der Waals surface area contributed by atoms with Crippen LogP contribution in [0.4, 0.5) is 17.6 Å². The van der Waals surface area contributed by atoms with Crippen LogP contribution in [0, 0.1) is 19.7 Å². The molecule has 0 spiro atoms. The number of hydrogen-bond donors (Lipinski definition) is 1. The van der Waals surface area contributed by atoms with Crippen LogP contribution in [0.3, 0.4) is 0 Å². The summed E-state index contributed by atoms with van der Waals surface area (Å²) >= 11 is 0. The molecule has 21 heavy (non-hydrogen) atoms. The van der Waals surface area contributed by atoms with Gasteiger partial charge in [0.1, 0.15) is 11.9 Å². The van der Waals surface area contributed by atoms with E-state index in [0.29, 0.717) is 11.6 Å². The molecule has 0 aromatic heterocycles. The Balaban J connectivity index is 2.45. The van der Waals surface area contributed by atoms with E-state index in [0.717, 1.165) is 23.3 Å². The second kappa shape index (κ2) is 5.48. The highest BCUT2D eigenvalue weighted by Crippen LogP contribution is 2.33. The maximum Gasteiger partial charge on any atom is 0.416 e. The van der Waals surface area contributed by atoms with E-state index in [-0.39, 0.29) is 5.56 Å². The first-order valence-corrected chi connectivity index (χ1v) is 6.31. The van der Waals surface area contributed by atoms with Crippen molar-refractivity contribution >= 4 is 0 Å². The molecule has 0 aliphatic rings. The fraction of sp³-hybridized carbons (Fsp3) is 0.250. The van der Waals surface area contributed by atoms with Gasteiger partial charge in [-0.2, -0.15) is 13.2 Å². The number of benzene rings is 2. The van der Waals surface area contributed by atoms with Crippen LogP contribution in [-0.2, 0) is 6.18 Å². The van der Waals surface area contributed by atoms with Gasteiger partial charge in [-0.1, -0.05) is 18.2 Å². The van der Waals surface area contributed by atoms with E-state index in [1.807, 2.05) is 13.8 Å². The molecule has 2 rings (SSSR count). The van der Waals surface area contributed by atoms with Gasteiger partial charge in [0.2, 0.25) is 0 Å². The lowest BCUT2D eigenvalue weighted by molar-refractivity contribution is -0.137. The summed E-state index contributed by atoms with van der Waals surface area (Å²) in [5.74, 6) is -1.03. The van der Waals surface area contributed by atoms with Crippen molar-refractivity contribution in [2.24, 2.45) is 0 Å². The fourth-order valence-electron chi connectivity index (χ4n) is 2.06. The number of hydrogen-bond acceptors (Lipinski definition) is 1. The lowest BCUT2D eigenvalue weighted by Gasteiger charge is -2.15. The Morgan fingerprint density at radius 1 is 0.905 bits per heavy atom. The van der Waals surface area contributed by atoms with Crippen LogP contribution in [-0.4, -0.2) is 5.11 Å². The van der Waals surface area contributed by atoms with Crippen LogP contribution >= 0.6 is 0 Å². The minimum absolute atomic E-state index is 0.120. The molecular formula is C16H14F4O. The fourth-order valence-corrected chi connectivity index (χ4v) is 2.06. The van der Waals surface area contributed by atoms with E-state index in [4.69, 9.17) is 0 Å². The van der Waals surface area contributed by atoms with E-state index in [1.54, 1.807) is 18.2 Å². The molecule has 1 N–H and O–H groups in total. The average Bonchev–Trinajstić information content (AvgIpc) is 2.39. The predicted octanol–water partition coefficient (Wildman–Crippen LogP) is 4.54.